The first-order chi connectivity index (χ1) is 9.98. The Hall–Kier alpha value is -1.56. The minimum atomic E-state index is -1.27. The number of carbonyl (C=O) groups excluding carboxylic acids is 1. The van der Waals surface area contributed by atoms with E-state index >= 15 is 0 Å². The van der Waals surface area contributed by atoms with Gasteiger partial charge in [0, 0.05) is 18.7 Å². The summed E-state index contributed by atoms with van der Waals surface area (Å²) in [6.07, 6.45) is 3.03. The average Bonchev–Trinajstić information content (AvgIpc) is 2.46. The quantitative estimate of drug-likeness (QED) is 0.838. The molecule has 1 aromatic rings. The van der Waals surface area contributed by atoms with Gasteiger partial charge in [-0.05, 0) is 25.8 Å². The van der Waals surface area contributed by atoms with Crippen molar-refractivity contribution in [3.63, 3.8) is 0 Å². The number of piperidine rings is 1. The van der Waals surface area contributed by atoms with E-state index in [1.807, 2.05) is 6.92 Å². The van der Waals surface area contributed by atoms with Crippen LogP contribution in [0.3, 0.4) is 0 Å². The van der Waals surface area contributed by atoms with Crippen LogP contribution < -0.4 is 10.6 Å². The maximum atomic E-state index is 13.6. The van der Waals surface area contributed by atoms with Crippen LogP contribution in [0.2, 0.25) is 0 Å². The van der Waals surface area contributed by atoms with Gasteiger partial charge >= 0.3 is 0 Å². The maximum absolute atomic E-state index is 13.6. The number of hydrogen-bond donors (Lipinski definition) is 2. The monoisotopic (exact) mass is 300 g/mol. The fourth-order valence-electron chi connectivity index (χ4n) is 2.84. The van der Waals surface area contributed by atoms with Gasteiger partial charge in [-0.25, -0.2) is 13.2 Å². The van der Waals surface area contributed by atoms with Crippen LogP contribution in [0.4, 0.5) is 18.9 Å². The molecule has 1 aliphatic heterocycles. The summed E-state index contributed by atoms with van der Waals surface area (Å²) in [4.78, 5) is 12.5. The number of amides is 1. The second-order valence-corrected chi connectivity index (χ2v) is 5.51. The summed E-state index contributed by atoms with van der Waals surface area (Å²) in [7, 11) is 0. The summed E-state index contributed by atoms with van der Waals surface area (Å²) in [6.45, 7) is 3.33. The van der Waals surface area contributed by atoms with Crippen molar-refractivity contribution in [2.24, 2.45) is 5.41 Å². The molecule has 0 radical (unpaired) electrons. The predicted octanol–water partition coefficient (Wildman–Crippen LogP) is 3.21. The lowest BCUT2D eigenvalue weighted by Gasteiger charge is -2.36. The van der Waals surface area contributed by atoms with E-state index in [1.54, 1.807) is 0 Å². The molecule has 1 aromatic carbocycles. The topological polar surface area (TPSA) is 41.1 Å². The highest BCUT2D eigenvalue weighted by molar-refractivity contribution is 5.95. The summed E-state index contributed by atoms with van der Waals surface area (Å²) in [5, 5.41) is 5.59. The molecule has 1 aliphatic rings. The van der Waals surface area contributed by atoms with Gasteiger partial charge in [0.05, 0.1) is 11.1 Å². The molecule has 1 saturated heterocycles. The van der Waals surface area contributed by atoms with E-state index in [4.69, 9.17) is 0 Å². The highest BCUT2D eigenvalue weighted by Crippen LogP contribution is 2.33. The summed E-state index contributed by atoms with van der Waals surface area (Å²) in [6, 6.07) is 1.12. The number of halogens is 3. The smallest absolute Gasteiger partial charge is 0.231 e. The van der Waals surface area contributed by atoms with Gasteiger partial charge in [-0.1, -0.05) is 13.3 Å². The van der Waals surface area contributed by atoms with E-state index < -0.39 is 22.9 Å². The first-order valence-electron chi connectivity index (χ1n) is 7.15. The Morgan fingerprint density at radius 1 is 1.29 bits per heavy atom. The molecule has 2 N–H and O–H groups in total. The van der Waals surface area contributed by atoms with Gasteiger partial charge in [0.2, 0.25) is 5.91 Å². The molecule has 0 aromatic heterocycles. The molecule has 0 bridgehead atoms. The molecule has 1 heterocycles. The summed E-state index contributed by atoms with van der Waals surface area (Å²) in [5.41, 5.74) is -0.940. The number of carbonyl (C=O) groups is 1. The van der Waals surface area contributed by atoms with Gasteiger partial charge in [-0.2, -0.15) is 0 Å². The van der Waals surface area contributed by atoms with E-state index in [0.717, 1.165) is 19.4 Å². The zero-order chi connectivity index (χ0) is 15.5. The molecular formula is C15H19F3N2O. The van der Waals surface area contributed by atoms with Crippen molar-refractivity contribution in [2.45, 2.75) is 32.6 Å². The van der Waals surface area contributed by atoms with Crippen molar-refractivity contribution < 1.29 is 18.0 Å². The van der Waals surface area contributed by atoms with Crippen LogP contribution in [0.1, 0.15) is 32.6 Å². The third kappa shape index (κ3) is 3.37. The average molecular weight is 300 g/mol. The van der Waals surface area contributed by atoms with Gasteiger partial charge in [0.15, 0.2) is 11.6 Å². The molecule has 1 fully saturated rings. The Bertz CT molecular complexity index is 522. The molecule has 2 rings (SSSR count). The lowest BCUT2D eigenvalue weighted by atomic mass is 9.76. The first-order valence-corrected chi connectivity index (χ1v) is 7.15. The summed E-state index contributed by atoms with van der Waals surface area (Å²) >= 11 is 0. The van der Waals surface area contributed by atoms with Crippen molar-refractivity contribution >= 4 is 11.6 Å². The van der Waals surface area contributed by atoms with E-state index in [2.05, 4.69) is 10.6 Å². The summed E-state index contributed by atoms with van der Waals surface area (Å²) < 4.78 is 39.7. The van der Waals surface area contributed by atoms with Gasteiger partial charge < -0.3 is 10.6 Å². The number of rotatable bonds is 4. The van der Waals surface area contributed by atoms with Gasteiger partial charge in [0.1, 0.15) is 5.82 Å². The molecule has 21 heavy (non-hydrogen) atoms. The number of hydrogen-bond acceptors (Lipinski definition) is 2. The normalized spacial score (nSPS) is 22.1. The van der Waals surface area contributed by atoms with Crippen molar-refractivity contribution in [2.75, 3.05) is 18.4 Å². The molecule has 0 aliphatic carbocycles. The van der Waals surface area contributed by atoms with Crippen molar-refractivity contribution in [3.8, 4) is 0 Å². The standard InChI is InChI=1S/C15H19F3N2O/c1-2-4-15(5-3-6-19-9-15)14(21)20-13-8-11(17)10(16)7-12(13)18/h7-8,19H,2-6,9H2,1H3,(H,20,21). The number of anilines is 1. The molecule has 1 amide bonds. The van der Waals surface area contributed by atoms with Crippen LogP contribution in [-0.2, 0) is 4.79 Å². The highest BCUT2D eigenvalue weighted by atomic mass is 19.2. The summed E-state index contributed by atoms with van der Waals surface area (Å²) in [5.74, 6) is -3.77. The van der Waals surface area contributed by atoms with Crippen LogP contribution >= 0.6 is 0 Å². The van der Waals surface area contributed by atoms with Gasteiger partial charge in [0.25, 0.3) is 0 Å². The Morgan fingerprint density at radius 2 is 2.00 bits per heavy atom. The second kappa shape index (κ2) is 6.47. The van der Waals surface area contributed by atoms with Crippen LogP contribution in [0.25, 0.3) is 0 Å². The molecule has 1 unspecified atom stereocenters. The number of benzene rings is 1. The fraction of sp³-hybridized carbons (Fsp3) is 0.533. The van der Waals surface area contributed by atoms with E-state index in [0.29, 0.717) is 31.5 Å². The highest BCUT2D eigenvalue weighted by Gasteiger charge is 2.39. The molecule has 116 valence electrons. The van der Waals surface area contributed by atoms with E-state index in [-0.39, 0.29) is 11.6 Å². The Labute approximate surface area is 121 Å². The minimum Gasteiger partial charge on any atom is -0.323 e. The van der Waals surface area contributed by atoms with Gasteiger partial charge in [-0.15, -0.1) is 0 Å². The van der Waals surface area contributed by atoms with Crippen LogP contribution in [0.5, 0.6) is 0 Å². The molecule has 0 spiro atoms. The predicted molar refractivity (Wildman–Crippen MR) is 74.4 cm³/mol. The third-order valence-corrected chi connectivity index (χ3v) is 3.94. The van der Waals surface area contributed by atoms with Crippen LogP contribution in [0, 0.1) is 22.9 Å². The fourth-order valence-corrected chi connectivity index (χ4v) is 2.84. The lowest BCUT2D eigenvalue weighted by Crippen LogP contribution is -2.48. The van der Waals surface area contributed by atoms with E-state index in [1.165, 1.54) is 0 Å². The number of nitrogens with one attached hydrogen (secondary N) is 2. The minimum absolute atomic E-state index is 0.319. The van der Waals surface area contributed by atoms with E-state index in [9.17, 15) is 18.0 Å². The lowest BCUT2D eigenvalue weighted by molar-refractivity contribution is -0.127. The third-order valence-electron chi connectivity index (χ3n) is 3.94. The van der Waals surface area contributed by atoms with Crippen molar-refractivity contribution in [1.82, 2.24) is 5.32 Å². The van der Waals surface area contributed by atoms with Crippen LogP contribution in [-0.4, -0.2) is 19.0 Å². The maximum Gasteiger partial charge on any atom is 0.231 e. The Kier molecular flexibility index (Phi) is 4.88. The van der Waals surface area contributed by atoms with Crippen LogP contribution in [0.15, 0.2) is 12.1 Å². The SMILES string of the molecule is CCCC1(C(=O)Nc2cc(F)c(F)cc2F)CCCNC1. The van der Waals surface area contributed by atoms with Crippen molar-refractivity contribution in [1.29, 1.82) is 0 Å². The Balaban J connectivity index is 2.21. The molecule has 6 heteroatoms. The van der Waals surface area contributed by atoms with Crippen molar-refractivity contribution in [3.05, 3.63) is 29.6 Å². The largest absolute Gasteiger partial charge is 0.323 e. The molecule has 1 atom stereocenters. The van der Waals surface area contributed by atoms with Gasteiger partial charge in [-0.3, -0.25) is 4.79 Å². The first kappa shape index (κ1) is 15.8. The Morgan fingerprint density at radius 3 is 2.62 bits per heavy atom. The zero-order valence-electron chi connectivity index (χ0n) is 11.9. The molecule has 0 saturated carbocycles. The molecular weight excluding hydrogens is 281 g/mol. The molecule has 3 nitrogen and oxygen atoms in total. The second-order valence-electron chi connectivity index (χ2n) is 5.51. The zero-order valence-corrected chi connectivity index (χ0v) is 11.9.